The number of hydrogen-bond donors (Lipinski definition) is 1. The highest BCUT2D eigenvalue weighted by molar-refractivity contribution is 5.86. The molecule has 134 valence electrons. The van der Waals surface area contributed by atoms with Crippen LogP contribution in [0.15, 0.2) is 5.10 Å². The minimum absolute atomic E-state index is 0.0870. The van der Waals surface area contributed by atoms with Crippen molar-refractivity contribution in [2.24, 2.45) is 16.4 Å². The molecule has 0 aliphatic heterocycles. The lowest BCUT2D eigenvalue weighted by Crippen LogP contribution is -2.29. The predicted molar refractivity (Wildman–Crippen MR) is 99.6 cm³/mol. The van der Waals surface area contributed by atoms with Crippen LogP contribution in [0, 0.1) is 11.3 Å². The number of hydrogen-bond acceptors (Lipinski definition) is 2. The van der Waals surface area contributed by atoms with Crippen molar-refractivity contribution in [3.63, 3.8) is 0 Å². The highest BCUT2D eigenvalue weighted by atomic mass is 16.2. The average molecular weight is 323 g/mol. The van der Waals surface area contributed by atoms with E-state index < -0.39 is 0 Å². The molecular formula is C20H38N2O. The topological polar surface area (TPSA) is 41.5 Å². The van der Waals surface area contributed by atoms with Gasteiger partial charge in [-0.3, -0.25) is 4.79 Å². The minimum Gasteiger partial charge on any atom is -0.273 e. The van der Waals surface area contributed by atoms with Gasteiger partial charge in [0.2, 0.25) is 5.91 Å². The number of nitrogens with zero attached hydrogens (tertiary/aromatic N) is 1. The van der Waals surface area contributed by atoms with E-state index in [9.17, 15) is 4.79 Å². The molecule has 0 heterocycles. The van der Waals surface area contributed by atoms with Gasteiger partial charge in [-0.25, -0.2) is 5.43 Å². The second-order valence-corrected chi connectivity index (χ2v) is 7.85. The maximum absolute atomic E-state index is 11.8. The highest BCUT2D eigenvalue weighted by Gasteiger charge is 2.30. The van der Waals surface area contributed by atoms with Gasteiger partial charge in [-0.1, -0.05) is 66.2 Å². The quantitative estimate of drug-likeness (QED) is 0.398. The van der Waals surface area contributed by atoms with E-state index in [0.717, 1.165) is 31.6 Å². The molecule has 0 saturated heterocycles. The van der Waals surface area contributed by atoms with Crippen molar-refractivity contribution in [3.05, 3.63) is 0 Å². The average Bonchev–Trinajstić information content (AvgIpc) is 2.56. The van der Waals surface area contributed by atoms with E-state index in [1.165, 1.54) is 50.7 Å². The van der Waals surface area contributed by atoms with Gasteiger partial charge in [-0.15, -0.1) is 0 Å². The Bertz CT molecular complexity index is 364. The fourth-order valence-electron chi connectivity index (χ4n) is 3.40. The molecule has 1 aliphatic carbocycles. The summed E-state index contributed by atoms with van der Waals surface area (Å²) in [4.78, 5) is 11.8. The third-order valence-corrected chi connectivity index (χ3v) is 5.68. The van der Waals surface area contributed by atoms with Gasteiger partial charge in [0.15, 0.2) is 0 Å². The molecule has 1 aliphatic rings. The van der Waals surface area contributed by atoms with Gasteiger partial charge in [0.25, 0.3) is 0 Å². The number of unbranched alkanes of at least 4 members (excludes halogenated alkanes) is 5. The van der Waals surface area contributed by atoms with Crippen LogP contribution in [0.4, 0.5) is 0 Å². The number of hydrazone groups is 1. The van der Waals surface area contributed by atoms with Crippen LogP contribution in [0.5, 0.6) is 0 Å². The highest BCUT2D eigenvalue weighted by Crippen LogP contribution is 2.39. The molecule has 1 amide bonds. The SMILES string of the molecule is CCCCCCCCC(=O)NN=C1CCC(C(C)(C)CC)CC1. The summed E-state index contributed by atoms with van der Waals surface area (Å²) in [7, 11) is 0. The van der Waals surface area contributed by atoms with Crippen molar-refractivity contribution in [1.82, 2.24) is 5.43 Å². The summed E-state index contributed by atoms with van der Waals surface area (Å²) in [6.45, 7) is 9.26. The first-order valence-corrected chi connectivity index (χ1v) is 9.83. The zero-order chi connectivity index (χ0) is 17.1. The molecule has 0 radical (unpaired) electrons. The zero-order valence-electron chi connectivity index (χ0n) is 15.9. The lowest BCUT2D eigenvalue weighted by Gasteiger charge is -2.36. The standard InChI is InChI=1S/C20H38N2O/c1-5-7-8-9-10-11-12-19(23)22-21-18-15-13-17(14-16-18)20(3,4)6-2/h17H,5-16H2,1-4H3,(H,22,23). The van der Waals surface area contributed by atoms with Crippen LogP contribution in [0.3, 0.4) is 0 Å². The van der Waals surface area contributed by atoms with E-state index in [1.54, 1.807) is 0 Å². The smallest absolute Gasteiger partial charge is 0.240 e. The van der Waals surface area contributed by atoms with E-state index in [4.69, 9.17) is 0 Å². The van der Waals surface area contributed by atoms with Crippen LogP contribution in [-0.4, -0.2) is 11.6 Å². The number of rotatable bonds is 10. The van der Waals surface area contributed by atoms with Crippen molar-refractivity contribution in [2.75, 3.05) is 0 Å². The molecular weight excluding hydrogens is 284 g/mol. The predicted octanol–water partition coefficient (Wildman–Crippen LogP) is 5.84. The van der Waals surface area contributed by atoms with Gasteiger partial charge >= 0.3 is 0 Å². The molecule has 0 unspecified atom stereocenters. The molecule has 0 atom stereocenters. The molecule has 0 aromatic carbocycles. The van der Waals surface area contributed by atoms with Crippen molar-refractivity contribution in [3.8, 4) is 0 Å². The van der Waals surface area contributed by atoms with E-state index in [2.05, 4.69) is 38.2 Å². The summed E-state index contributed by atoms with van der Waals surface area (Å²) in [5, 5.41) is 4.37. The maximum Gasteiger partial charge on any atom is 0.240 e. The fraction of sp³-hybridized carbons (Fsp3) is 0.900. The van der Waals surface area contributed by atoms with Crippen LogP contribution < -0.4 is 5.43 Å². The van der Waals surface area contributed by atoms with E-state index >= 15 is 0 Å². The molecule has 3 heteroatoms. The Morgan fingerprint density at radius 1 is 1.09 bits per heavy atom. The molecule has 0 bridgehead atoms. The zero-order valence-corrected chi connectivity index (χ0v) is 15.9. The largest absolute Gasteiger partial charge is 0.273 e. The fourth-order valence-corrected chi connectivity index (χ4v) is 3.40. The van der Waals surface area contributed by atoms with E-state index in [0.29, 0.717) is 11.8 Å². The van der Waals surface area contributed by atoms with Crippen molar-refractivity contribution in [1.29, 1.82) is 0 Å². The summed E-state index contributed by atoms with van der Waals surface area (Å²) in [5.74, 6) is 0.884. The lowest BCUT2D eigenvalue weighted by molar-refractivity contribution is -0.121. The van der Waals surface area contributed by atoms with Crippen LogP contribution in [0.2, 0.25) is 0 Å². The van der Waals surface area contributed by atoms with Gasteiger partial charge in [-0.05, 0) is 43.4 Å². The summed E-state index contributed by atoms with van der Waals surface area (Å²) in [6, 6.07) is 0. The van der Waals surface area contributed by atoms with Gasteiger partial charge in [-0.2, -0.15) is 5.10 Å². The number of nitrogens with one attached hydrogen (secondary N) is 1. The van der Waals surface area contributed by atoms with Crippen LogP contribution in [-0.2, 0) is 4.79 Å². The Hall–Kier alpha value is -0.860. The second-order valence-electron chi connectivity index (χ2n) is 7.85. The van der Waals surface area contributed by atoms with Crippen molar-refractivity contribution < 1.29 is 4.79 Å². The van der Waals surface area contributed by atoms with Crippen LogP contribution in [0.25, 0.3) is 0 Å². The molecule has 1 saturated carbocycles. The molecule has 1 fully saturated rings. The molecule has 0 aromatic heterocycles. The molecule has 23 heavy (non-hydrogen) atoms. The van der Waals surface area contributed by atoms with Crippen LogP contribution >= 0.6 is 0 Å². The first-order valence-electron chi connectivity index (χ1n) is 9.83. The lowest BCUT2D eigenvalue weighted by atomic mass is 9.69. The van der Waals surface area contributed by atoms with Gasteiger partial charge < -0.3 is 0 Å². The Labute approximate surface area is 143 Å². The molecule has 0 aromatic rings. The molecule has 1 N–H and O–H groups in total. The second kappa shape index (κ2) is 10.8. The van der Waals surface area contributed by atoms with Crippen molar-refractivity contribution >= 4 is 11.6 Å². The first kappa shape index (κ1) is 20.2. The van der Waals surface area contributed by atoms with Gasteiger partial charge in [0.1, 0.15) is 0 Å². The summed E-state index contributed by atoms with van der Waals surface area (Å²) < 4.78 is 0. The summed E-state index contributed by atoms with van der Waals surface area (Å²) in [6.07, 6.45) is 13.7. The first-order chi connectivity index (χ1) is 11.0. The normalized spacial score (nSPS) is 18.8. The van der Waals surface area contributed by atoms with E-state index in [1.807, 2.05) is 0 Å². The van der Waals surface area contributed by atoms with Gasteiger partial charge in [0, 0.05) is 12.1 Å². The summed E-state index contributed by atoms with van der Waals surface area (Å²) >= 11 is 0. The van der Waals surface area contributed by atoms with E-state index in [-0.39, 0.29) is 5.91 Å². The number of amides is 1. The van der Waals surface area contributed by atoms with Crippen LogP contribution in [0.1, 0.15) is 105 Å². The number of carbonyl (C=O) groups excluding carboxylic acids is 1. The van der Waals surface area contributed by atoms with Crippen molar-refractivity contribution in [2.45, 2.75) is 105 Å². The maximum atomic E-state index is 11.8. The Kier molecular flexibility index (Phi) is 9.50. The monoisotopic (exact) mass is 322 g/mol. The summed E-state index contributed by atoms with van der Waals surface area (Å²) in [5.41, 5.74) is 4.39. The third-order valence-electron chi connectivity index (χ3n) is 5.68. The molecule has 1 rings (SSSR count). The third kappa shape index (κ3) is 7.99. The molecule has 0 spiro atoms. The van der Waals surface area contributed by atoms with Gasteiger partial charge in [0.05, 0.1) is 0 Å². The minimum atomic E-state index is 0.0870. The number of carbonyl (C=O) groups is 1. The molecule has 3 nitrogen and oxygen atoms in total. The Morgan fingerprint density at radius 2 is 1.70 bits per heavy atom. The Balaban J connectivity index is 2.17. The Morgan fingerprint density at radius 3 is 2.30 bits per heavy atom.